The SMILES string of the molecule is Nc1cccc2ccc(CC(=O)c3ccc(C(F)(F)F)cc3)nc12. The van der Waals surface area contributed by atoms with Gasteiger partial charge in [0.15, 0.2) is 5.78 Å². The van der Waals surface area contributed by atoms with Crippen LogP contribution in [0, 0.1) is 0 Å². The van der Waals surface area contributed by atoms with Gasteiger partial charge in [-0.05, 0) is 24.3 Å². The molecular weight excluding hydrogens is 317 g/mol. The molecule has 0 amide bonds. The molecule has 3 aromatic rings. The van der Waals surface area contributed by atoms with Crippen molar-refractivity contribution in [3.63, 3.8) is 0 Å². The summed E-state index contributed by atoms with van der Waals surface area (Å²) in [5, 5.41) is 0.862. The maximum absolute atomic E-state index is 12.5. The van der Waals surface area contributed by atoms with Gasteiger partial charge < -0.3 is 5.73 Å². The molecule has 0 aliphatic heterocycles. The molecule has 1 heterocycles. The molecule has 3 nitrogen and oxygen atoms in total. The van der Waals surface area contributed by atoms with Gasteiger partial charge in [0, 0.05) is 16.6 Å². The predicted molar refractivity (Wildman–Crippen MR) is 85.6 cm³/mol. The minimum absolute atomic E-state index is 0.00433. The van der Waals surface area contributed by atoms with Gasteiger partial charge in [-0.1, -0.05) is 30.3 Å². The molecular formula is C18H13F3N2O. The number of Topliss-reactive ketones (excluding diaryl/α,β-unsaturated/α-hetero) is 1. The van der Waals surface area contributed by atoms with Crippen LogP contribution in [0.2, 0.25) is 0 Å². The van der Waals surface area contributed by atoms with Crippen LogP contribution in [0.1, 0.15) is 21.6 Å². The van der Waals surface area contributed by atoms with Crippen LogP contribution >= 0.6 is 0 Å². The highest BCUT2D eigenvalue weighted by molar-refractivity contribution is 5.98. The van der Waals surface area contributed by atoms with E-state index in [4.69, 9.17) is 5.73 Å². The number of rotatable bonds is 3. The first kappa shape index (κ1) is 16.0. The standard InChI is InChI=1S/C18H13F3N2O/c19-18(20,21)13-7-4-11(5-8-13)16(24)10-14-9-6-12-2-1-3-15(22)17(12)23-14/h1-9H,10,22H2. The molecule has 0 saturated heterocycles. The van der Waals surface area contributed by atoms with E-state index >= 15 is 0 Å². The minimum Gasteiger partial charge on any atom is -0.397 e. The number of alkyl halides is 3. The molecule has 0 fully saturated rings. The molecule has 0 saturated carbocycles. The number of carbonyl (C=O) groups excluding carboxylic acids is 1. The van der Waals surface area contributed by atoms with Crippen molar-refractivity contribution >= 4 is 22.4 Å². The minimum atomic E-state index is -4.42. The third-order valence-corrected chi connectivity index (χ3v) is 3.69. The summed E-state index contributed by atoms with van der Waals surface area (Å²) in [5.41, 5.74) is 6.94. The number of carbonyl (C=O) groups is 1. The number of halogens is 3. The van der Waals surface area contributed by atoms with Gasteiger partial charge >= 0.3 is 6.18 Å². The molecule has 2 N–H and O–H groups in total. The van der Waals surface area contributed by atoms with Gasteiger partial charge in [0.25, 0.3) is 0 Å². The lowest BCUT2D eigenvalue weighted by molar-refractivity contribution is -0.137. The average Bonchev–Trinajstić information content (AvgIpc) is 2.55. The average molecular weight is 330 g/mol. The van der Waals surface area contributed by atoms with Crippen LogP contribution in [0.5, 0.6) is 0 Å². The van der Waals surface area contributed by atoms with Crippen LogP contribution in [-0.4, -0.2) is 10.8 Å². The van der Waals surface area contributed by atoms with Crippen molar-refractivity contribution < 1.29 is 18.0 Å². The van der Waals surface area contributed by atoms with Gasteiger partial charge in [-0.15, -0.1) is 0 Å². The van der Waals surface area contributed by atoms with E-state index in [2.05, 4.69) is 4.98 Å². The summed E-state index contributed by atoms with van der Waals surface area (Å²) in [6.45, 7) is 0. The zero-order valence-corrected chi connectivity index (χ0v) is 12.5. The molecule has 0 spiro atoms. The van der Waals surface area contributed by atoms with E-state index in [1.54, 1.807) is 12.1 Å². The lowest BCUT2D eigenvalue weighted by Crippen LogP contribution is -2.08. The van der Waals surface area contributed by atoms with Crippen molar-refractivity contribution in [2.75, 3.05) is 5.73 Å². The first-order valence-corrected chi connectivity index (χ1v) is 7.19. The highest BCUT2D eigenvalue weighted by atomic mass is 19.4. The molecule has 2 aromatic carbocycles. The summed E-state index contributed by atoms with van der Waals surface area (Å²) in [5.74, 6) is -0.301. The number of ketones is 1. The number of nitrogen functional groups attached to an aromatic ring is 1. The number of para-hydroxylation sites is 1. The predicted octanol–water partition coefficient (Wildman–Crippen LogP) is 4.26. The third kappa shape index (κ3) is 3.22. The molecule has 0 unspecified atom stereocenters. The quantitative estimate of drug-likeness (QED) is 0.576. The molecule has 0 bridgehead atoms. The van der Waals surface area contributed by atoms with Crippen LogP contribution < -0.4 is 5.73 Å². The lowest BCUT2D eigenvalue weighted by Gasteiger charge is -2.08. The Morgan fingerprint density at radius 3 is 2.38 bits per heavy atom. The zero-order chi connectivity index (χ0) is 17.3. The molecule has 1 aromatic heterocycles. The Morgan fingerprint density at radius 1 is 1.00 bits per heavy atom. The number of aromatic nitrogens is 1. The van der Waals surface area contributed by atoms with Crippen LogP contribution in [-0.2, 0) is 12.6 Å². The van der Waals surface area contributed by atoms with Gasteiger partial charge in [0.1, 0.15) is 0 Å². The van der Waals surface area contributed by atoms with Crippen LogP contribution in [0.15, 0.2) is 54.6 Å². The van der Waals surface area contributed by atoms with E-state index in [1.165, 1.54) is 12.1 Å². The number of hydrogen-bond donors (Lipinski definition) is 1. The number of nitrogens with two attached hydrogens (primary N) is 1. The van der Waals surface area contributed by atoms with Gasteiger partial charge in [0.2, 0.25) is 0 Å². The highest BCUT2D eigenvalue weighted by Gasteiger charge is 2.30. The van der Waals surface area contributed by atoms with Gasteiger partial charge in [-0.3, -0.25) is 9.78 Å². The van der Waals surface area contributed by atoms with Gasteiger partial charge in [-0.25, -0.2) is 0 Å². The fourth-order valence-electron chi connectivity index (χ4n) is 2.42. The van der Waals surface area contributed by atoms with Crippen molar-refractivity contribution in [2.24, 2.45) is 0 Å². The van der Waals surface area contributed by atoms with E-state index in [0.717, 1.165) is 17.5 Å². The number of anilines is 1. The van der Waals surface area contributed by atoms with Crippen molar-refractivity contribution in [3.05, 3.63) is 71.4 Å². The Labute approximate surface area is 135 Å². The fraction of sp³-hybridized carbons (Fsp3) is 0.111. The van der Waals surface area contributed by atoms with Crippen LogP contribution in [0.3, 0.4) is 0 Å². The van der Waals surface area contributed by atoms with E-state index in [0.29, 0.717) is 16.9 Å². The summed E-state index contributed by atoms with van der Waals surface area (Å²) < 4.78 is 37.6. The molecule has 0 radical (unpaired) electrons. The Balaban J connectivity index is 1.83. The number of benzene rings is 2. The van der Waals surface area contributed by atoms with Crippen LogP contribution in [0.4, 0.5) is 18.9 Å². The summed E-state index contributed by atoms with van der Waals surface area (Å²) in [4.78, 5) is 16.6. The monoisotopic (exact) mass is 330 g/mol. The highest BCUT2D eigenvalue weighted by Crippen LogP contribution is 2.29. The maximum atomic E-state index is 12.5. The Kier molecular flexibility index (Phi) is 3.97. The smallest absolute Gasteiger partial charge is 0.397 e. The van der Waals surface area contributed by atoms with E-state index in [9.17, 15) is 18.0 Å². The zero-order valence-electron chi connectivity index (χ0n) is 12.5. The Morgan fingerprint density at radius 2 is 1.71 bits per heavy atom. The maximum Gasteiger partial charge on any atom is 0.416 e. The van der Waals surface area contributed by atoms with Gasteiger partial charge in [-0.2, -0.15) is 13.2 Å². The number of hydrogen-bond acceptors (Lipinski definition) is 3. The molecule has 122 valence electrons. The van der Waals surface area contributed by atoms with Crippen molar-refractivity contribution in [3.8, 4) is 0 Å². The fourth-order valence-corrected chi connectivity index (χ4v) is 2.42. The summed E-state index contributed by atoms with van der Waals surface area (Å²) >= 11 is 0. The second kappa shape index (κ2) is 5.96. The molecule has 0 atom stereocenters. The number of pyridine rings is 1. The Bertz CT molecular complexity index is 902. The van der Waals surface area contributed by atoms with E-state index < -0.39 is 11.7 Å². The second-order valence-electron chi connectivity index (χ2n) is 5.40. The summed E-state index contributed by atoms with van der Waals surface area (Å²) in [6.07, 6.45) is -4.42. The molecule has 3 rings (SSSR count). The molecule has 0 aliphatic carbocycles. The van der Waals surface area contributed by atoms with Crippen molar-refractivity contribution in [2.45, 2.75) is 12.6 Å². The lowest BCUT2D eigenvalue weighted by atomic mass is 10.0. The summed E-state index contributed by atoms with van der Waals surface area (Å²) in [7, 11) is 0. The van der Waals surface area contributed by atoms with Crippen LogP contribution in [0.25, 0.3) is 10.9 Å². The van der Waals surface area contributed by atoms with E-state index in [-0.39, 0.29) is 17.8 Å². The topological polar surface area (TPSA) is 56.0 Å². The second-order valence-corrected chi connectivity index (χ2v) is 5.40. The Hall–Kier alpha value is -2.89. The largest absolute Gasteiger partial charge is 0.416 e. The molecule has 0 aliphatic rings. The first-order chi connectivity index (χ1) is 11.3. The van der Waals surface area contributed by atoms with Crippen molar-refractivity contribution in [1.29, 1.82) is 0 Å². The van der Waals surface area contributed by atoms with Crippen molar-refractivity contribution in [1.82, 2.24) is 4.98 Å². The number of fused-ring (bicyclic) bond motifs is 1. The first-order valence-electron chi connectivity index (χ1n) is 7.19. The van der Waals surface area contributed by atoms with E-state index in [1.807, 2.05) is 18.2 Å². The normalized spacial score (nSPS) is 11.6. The molecule has 24 heavy (non-hydrogen) atoms. The number of nitrogens with zero attached hydrogens (tertiary/aromatic N) is 1. The third-order valence-electron chi connectivity index (χ3n) is 3.69. The summed E-state index contributed by atoms with van der Waals surface area (Å²) in [6, 6.07) is 13.1. The van der Waals surface area contributed by atoms with Gasteiger partial charge in [0.05, 0.1) is 23.2 Å². The molecule has 6 heteroatoms.